The third-order valence-corrected chi connectivity index (χ3v) is 1.46. The zero-order chi connectivity index (χ0) is 9.84. The highest BCUT2D eigenvalue weighted by molar-refractivity contribution is 6.03. The van der Waals surface area contributed by atoms with Crippen molar-refractivity contribution in [2.75, 3.05) is 5.32 Å². The molecule has 0 aliphatic heterocycles. The van der Waals surface area contributed by atoms with Gasteiger partial charge in [0, 0.05) is 0 Å². The fourth-order valence-corrected chi connectivity index (χ4v) is 0.629. The van der Waals surface area contributed by atoms with Crippen LogP contribution in [0.1, 0.15) is 6.92 Å². The fourth-order valence-electron chi connectivity index (χ4n) is 0.629. The first-order valence-electron chi connectivity index (χ1n) is 3.54. The number of carbonyl (C=O) groups is 2. The van der Waals surface area contributed by atoms with Gasteiger partial charge in [0.05, 0.1) is 6.20 Å². The van der Waals surface area contributed by atoms with E-state index in [1.807, 2.05) is 0 Å². The molecular formula is C7H8N2O4. The predicted octanol–water partition coefficient (Wildman–Crippen LogP) is 0.334. The maximum Gasteiger partial charge on any atom is 0.315 e. The molecule has 2 N–H and O–H groups in total. The van der Waals surface area contributed by atoms with E-state index in [1.54, 1.807) is 0 Å². The van der Waals surface area contributed by atoms with E-state index < -0.39 is 17.8 Å². The summed E-state index contributed by atoms with van der Waals surface area (Å²) in [5.41, 5.74) is 0.345. The maximum atomic E-state index is 11.1. The monoisotopic (exact) mass is 184 g/mol. The lowest BCUT2D eigenvalue weighted by molar-refractivity contribution is -0.144. The van der Waals surface area contributed by atoms with Crippen LogP contribution in [0.5, 0.6) is 0 Å². The Balaban J connectivity index is 2.56. The first-order valence-corrected chi connectivity index (χ1v) is 3.54. The van der Waals surface area contributed by atoms with E-state index in [4.69, 9.17) is 5.11 Å². The van der Waals surface area contributed by atoms with Crippen LogP contribution >= 0.6 is 0 Å². The molecule has 0 bridgehead atoms. The molecule has 0 saturated heterocycles. The molecule has 0 saturated carbocycles. The molecule has 13 heavy (non-hydrogen) atoms. The summed E-state index contributed by atoms with van der Waals surface area (Å²) in [6.07, 6.45) is 2.50. The van der Waals surface area contributed by atoms with E-state index in [1.165, 1.54) is 19.4 Å². The van der Waals surface area contributed by atoms with E-state index in [-0.39, 0.29) is 0 Å². The molecule has 1 heterocycles. The van der Waals surface area contributed by atoms with Gasteiger partial charge in [0.1, 0.15) is 17.9 Å². The lowest BCUT2D eigenvalue weighted by Crippen LogP contribution is -2.26. The molecule has 6 heteroatoms. The Morgan fingerprint density at radius 1 is 1.69 bits per heavy atom. The molecule has 1 aromatic heterocycles. The number of hydrogen-bond donors (Lipinski definition) is 2. The first kappa shape index (κ1) is 9.24. The average molecular weight is 184 g/mol. The fraction of sp³-hybridized carbons (Fsp3) is 0.286. The minimum absolute atomic E-state index is 0.345. The van der Waals surface area contributed by atoms with Gasteiger partial charge in [-0.15, -0.1) is 0 Å². The van der Waals surface area contributed by atoms with Crippen LogP contribution in [0, 0.1) is 5.92 Å². The van der Waals surface area contributed by atoms with Gasteiger partial charge < -0.3 is 14.9 Å². The van der Waals surface area contributed by atoms with Crippen molar-refractivity contribution in [3.05, 3.63) is 12.5 Å². The van der Waals surface area contributed by atoms with Crippen molar-refractivity contribution in [1.82, 2.24) is 5.16 Å². The van der Waals surface area contributed by atoms with Crippen LogP contribution in [-0.4, -0.2) is 22.1 Å². The second-order valence-electron chi connectivity index (χ2n) is 2.46. The van der Waals surface area contributed by atoms with Crippen LogP contribution in [0.4, 0.5) is 5.69 Å². The lowest BCUT2D eigenvalue weighted by atomic mass is 10.2. The molecule has 1 atom stereocenters. The molecule has 0 aromatic carbocycles. The normalized spacial score (nSPS) is 12.1. The number of anilines is 1. The van der Waals surface area contributed by atoms with E-state index in [2.05, 4.69) is 15.0 Å². The maximum absolute atomic E-state index is 11.1. The Morgan fingerprint density at radius 3 is 2.85 bits per heavy atom. The Hall–Kier alpha value is -1.85. The molecule has 1 aromatic rings. The molecule has 1 amide bonds. The van der Waals surface area contributed by atoms with Gasteiger partial charge in [-0.1, -0.05) is 5.16 Å². The van der Waals surface area contributed by atoms with Gasteiger partial charge in [-0.3, -0.25) is 9.59 Å². The number of nitrogens with zero attached hydrogens (tertiary/aromatic N) is 1. The van der Waals surface area contributed by atoms with Crippen LogP contribution in [0.2, 0.25) is 0 Å². The van der Waals surface area contributed by atoms with E-state index >= 15 is 0 Å². The van der Waals surface area contributed by atoms with Crippen LogP contribution in [0.15, 0.2) is 17.0 Å². The average Bonchev–Trinajstić information content (AvgIpc) is 2.55. The predicted molar refractivity (Wildman–Crippen MR) is 41.9 cm³/mol. The second kappa shape index (κ2) is 3.70. The molecule has 0 spiro atoms. The van der Waals surface area contributed by atoms with E-state index in [0.29, 0.717) is 5.69 Å². The largest absolute Gasteiger partial charge is 0.481 e. The molecule has 0 aliphatic rings. The summed E-state index contributed by atoms with van der Waals surface area (Å²) in [5.74, 6) is -2.86. The summed E-state index contributed by atoms with van der Waals surface area (Å²) in [5, 5.41) is 14.2. The Morgan fingerprint density at radius 2 is 2.38 bits per heavy atom. The standard InChI is InChI=1S/C7H8N2O4/c1-4(7(11)12)6(10)9-5-2-8-13-3-5/h2-4H,1H3,(H,9,10)(H,11,12). The number of nitrogens with one attached hydrogen (secondary N) is 1. The van der Waals surface area contributed by atoms with Crippen molar-refractivity contribution in [2.24, 2.45) is 5.92 Å². The number of carboxylic acids is 1. The van der Waals surface area contributed by atoms with Crippen LogP contribution in [-0.2, 0) is 9.59 Å². The highest BCUT2D eigenvalue weighted by atomic mass is 16.5. The van der Waals surface area contributed by atoms with Gasteiger partial charge in [-0.25, -0.2) is 0 Å². The number of aromatic nitrogens is 1. The van der Waals surface area contributed by atoms with Crippen molar-refractivity contribution in [2.45, 2.75) is 6.92 Å². The molecule has 0 radical (unpaired) electrons. The van der Waals surface area contributed by atoms with Gasteiger partial charge in [0.2, 0.25) is 5.91 Å². The highest BCUT2D eigenvalue weighted by Gasteiger charge is 2.20. The minimum Gasteiger partial charge on any atom is -0.481 e. The van der Waals surface area contributed by atoms with Gasteiger partial charge in [-0.2, -0.15) is 0 Å². The molecule has 0 fully saturated rings. The summed E-state index contributed by atoms with van der Waals surface area (Å²) in [6, 6.07) is 0. The summed E-state index contributed by atoms with van der Waals surface area (Å²) in [6.45, 7) is 1.30. The number of carbonyl (C=O) groups excluding carboxylic acids is 1. The summed E-state index contributed by atoms with van der Waals surface area (Å²) in [4.78, 5) is 21.5. The van der Waals surface area contributed by atoms with Crippen LogP contribution < -0.4 is 5.32 Å². The zero-order valence-corrected chi connectivity index (χ0v) is 6.85. The van der Waals surface area contributed by atoms with Gasteiger partial charge >= 0.3 is 5.97 Å². The van der Waals surface area contributed by atoms with Gasteiger partial charge in [-0.05, 0) is 6.92 Å². The van der Waals surface area contributed by atoms with Crippen molar-refractivity contribution in [3.8, 4) is 0 Å². The third kappa shape index (κ3) is 2.29. The molecule has 1 rings (SSSR count). The SMILES string of the molecule is CC(C(=O)O)C(=O)Nc1cnoc1. The van der Waals surface area contributed by atoms with Crippen LogP contribution in [0.3, 0.4) is 0 Å². The quantitative estimate of drug-likeness (QED) is 0.660. The number of amides is 1. The van der Waals surface area contributed by atoms with Crippen molar-refractivity contribution < 1.29 is 19.2 Å². The van der Waals surface area contributed by atoms with Crippen molar-refractivity contribution in [1.29, 1.82) is 0 Å². The van der Waals surface area contributed by atoms with Gasteiger partial charge in [0.15, 0.2) is 0 Å². The molecule has 0 aliphatic carbocycles. The Bertz CT molecular complexity index is 306. The van der Waals surface area contributed by atoms with Crippen molar-refractivity contribution >= 4 is 17.6 Å². The van der Waals surface area contributed by atoms with E-state index in [0.717, 1.165) is 0 Å². The molecule has 70 valence electrons. The number of rotatable bonds is 3. The van der Waals surface area contributed by atoms with Crippen molar-refractivity contribution in [3.63, 3.8) is 0 Å². The summed E-state index contributed by atoms with van der Waals surface area (Å²) in [7, 11) is 0. The number of aliphatic carboxylic acids is 1. The minimum atomic E-state index is -1.17. The zero-order valence-electron chi connectivity index (χ0n) is 6.85. The molecular weight excluding hydrogens is 176 g/mol. The van der Waals surface area contributed by atoms with E-state index in [9.17, 15) is 9.59 Å². The summed E-state index contributed by atoms with van der Waals surface area (Å²) < 4.78 is 4.44. The van der Waals surface area contributed by atoms with Gasteiger partial charge in [0.25, 0.3) is 0 Å². The first-order chi connectivity index (χ1) is 6.11. The molecule has 6 nitrogen and oxygen atoms in total. The van der Waals surface area contributed by atoms with Crippen LogP contribution in [0.25, 0.3) is 0 Å². The Labute approximate surface area is 73.5 Å². The topological polar surface area (TPSA) is 92.4 Å². The second-order valence-corrected chi connectivity index (χ2v) is 2.46. The lowest BCUT2D eigenvalue weighted by Gasteiger charge is -2.04. The summed E-state index contributed by atoms with van der Waals surface area (Å²) >= 11 is 0. The molecule has 1 unspecified atom stereocenters. The number of hydrogen-bond acceptors (Lipinski definition) is 4. The highest BCUT2D eigenvalue weighted by Crippen LogP contribution is 2.06. The number of carboxylic acid groups (broad SMARTS) is 1. The third-order valence-electron chi connectivity index (χ3n) is 1.46. The smallest absolute Gasteiger partial charge is 0.315 e. The Kier molecular flexibility index (Phi) is 2.63.